The topological polar surface area (TPSA) is 55.8 Å². The summed E-state index contributed by atoms with van der Waals surface area (Å²) < 4.78 is 23.9. The largest absolute Gasteiger partial charge is 0.543 e. The molecule has 0 amide bonds. The first-order valence-corrected chi connectivity index (χ1v) is 10.3. The zero-order valence-electron chi connectivity index (χ0n) is 15.9. The fourth-order valence-corrected chi connectivity index (χ4v) is 3.63. The zero-order valence-corrected chi connectivity index (χ0v) is 16.8. The Balaban J connectivity index is 3.76. The molecule has 0 fully saturated rings. The van der Waals surface area contributed by atoms with Crippen LogP contribution in [0.25, 0.3) is 0 Å². The number of unbranched alkanes of at least 4 members (excludes halogenated alkanes) is 7. The van der Waals surface area contributed by atoms with E-state index in [0.717, 1.165) is 25.7 Å². The minimum Gasteiger partial charge on any atom is -0.396 e. The lowest BCUT2D eigenvalue weighted by atomic mass is 10.1. The Kier molecular flexibility index (Phi) is 12.3. The Morgan fingerprint density at radius 3 is 1.78 bits per heavy atom. The van der Waals surface area contributed by atoms with Gasteiger partial charge in [-0.2, -0.15) is 0 Å². The molecule has 23 heavy (non-hydrogen) atoms. The summed E-state index contributed by atoms with van der Waals surface area (Å²) >= 11 is 0. The molecule has 1 N–H and O–H groups in total. The lowest BCUT2D eigenvalue weighted by Crippen LogP contribution is -2.34. The van der Waals surface area contributed by atoms with E-state index in [2.05, 4.69) is 0 Å². The zero-order chi connectivity index (χ0) is 17.8. The summed E-state index contributed by atoms with van der Waals surface area (Å²) in [6, 6.07) is 0. The summed E-state index contributed by atoms with van der Waals surface area (Å²) in [5, 5.41) is 7.99. The number of rotatable bonds is 14. The van der Waals surface area contributed by atoms with Gasteiger partial charge in [0.25, 0.3) is 5.34 Å². The Hall–Kier alpha value is -0.0200. The predicted molar refractivity (Wildman–Crippen MR) is 97.1 cm³/mol. The van der Waals surface area contributed by atoms with Crippen LogP contribution in [0.2, 0.25) is 0 Å². The van der Waals surface area contributed by atoms with Crippen LogP contribution in [0.1, 0.15) is 92.4 Å². The van der Waals surface area contributed by atoms with E-state index in [1.807, 2.05) is 34.6 Å². The van der Waals surface area contributed by atoms with E-state index in [1.165, 1.54) is 25.7 Å². The minimum atomic E-state index is -1.82. The number of aliphatic hydroxyl groups is 1. The Morgan fingerprint density at radius 2 is 1.35 bits per heavy atom. The summed E-state index contributed by atoms with van der Waals surface area (Å²) in [5.74, 6) is 0. The van der Waals surface area contributed by atoms with Crippen LogP contribution in [0.15, 0.2) is 0 Å². The fraction of sp³-hybridized carbons (Fsp3) is 1.00. The van der Waals surface area contributed by atoms with Gasteiger partial charge in [-0.05, 0) is 38.2 Å². The normalized spacial score (nSPS) is 15.5. The third-order valence-electron chi connectivity index (χ3n) is 3.83. The Morgan fingerprint density at radius 1 is 0.870 bits per heavy atom. The Bertz CT molecular complexity index is 315. The van der Waals surface area contributed by atoms with E-state index >= 15 is 0 Å². The quantitative estimate of drug-likeness (QED) is 0.318. The second-order valence-electron chi connectivity index (χ2n) is 7.39. The van der Waals surface area contributed by atoms with Crippen LogP contribution in [0, 0.1) is 0 Å². The first-order chi connectivity index (χ1) is 10.7. The van der Waals surface area contributed by atoms with Crippen molar-refractivity contribution >= 4 is 8.03 Å². The third kappa shape index (κ3) is 12.1. The molecule has 0 spiro atoms. The van der Waals surface area contributed by atoms with Crippen molar-refractivity contribution in [1.82, 2.24) is 0 Å². The van der Waals surface area contributed by atoms with E-state index in [1.54, 1.807) is 0 Å². The van der Waals surface area contributed by atoms with E-state index < -0.39 is 13.4 Å². The van der Waals surface area contributed by atoms with Crippen LogP contribution >= 0.6 is 8.03 Å². The van der Waals surface area contributed by atoms with Crippen molar-refractivity contribution in [1.29, 1.82) is 0 Å². The highest BCUT2D eigenvalue weighted by molar-refractivity contribution is 7.40. The molecule has 0 rings (SSSR count). The maximum absolute atomic E-state index is 12.4. The highest BCUT2D eigenvalue weighted by atomic mass is 31.1. The molecule has 0 aliphatic carbocycles. The van der Waals surface area contributed by atoms with Gasteiger partial charge in [0.05, 0.1) is 5.60 Å². The van der Waals surface area contributed by atoms with Gasteiger partial charge in [-0.3, -0.25) is 0 Å². The van der Waals surface area contributed by atoms with E-state index in [9.17, 15) is 4.57 Å². The summed E-state index contributed by atoms with van der Waals surface area (Å²) in [5.41, 5.74) is -0.324. The molecule has 2 unspecified atom stereocenters. The van der Waals surface area contributed by atoms with Gasteiger partial charge in [0, 0.05) is 20.0 Å². The number of hydrogen-bond acceptors (Lipinski definition) is 4. The second kappa shape index (κ2) is 12.4. The molecule has 0 aliphatic heterocycles. The molecule has 4 nitrogen and oxygen atoms in total. The molecule has 0 heterocycles. The standard InChI is InChI=1S/C18H38O4P/c1-6-18(5,22-17(2,3)4)23(20)21-16-14-12-10-8-7-9-11-13-15-19/h19H,6-16H2,1-5H3/q+1. The van der Waals surface area contributed by atoms with Crippen LogP contribution in [0.3, 0.4) is 0 Å². The highest BCUT2D eigenvalue weighted by Gasteiger charge is 2.49. The molecule has 0 aromatic carbocycles. The van der Waals surface area contributed by atoms with Crippen molar-refractivity contribution < 1.29 is 18.9 Å². The Labute approximate surface area is 144 Å². The molecular weight excluding hydrogens is 311 g/mol. The first-order valence-electron chi connectivity index (χ1n) is 9.16. The van der Waals surface area contributed by atoms with Crippen molar-refractivity contribution in [3.05, 3.63) is 0 Å². The maximum atomic E-state index is 12.4. The van der Waals surface area contributed by atoms with Crippen molar-refractivity contribution in [3.63, 3.8) is 0 Å². The fourth-order valence-electron chi connectivity index (χ4n) is 2.46. The van der Waals surface area contributed by atoms with E-state index in [-0.39, 0.29) is 5.60 Å². The number of ether oxygens (including phenoxy) is 1. The van der Waals surface area contributed by atoms with Crippen LogP contribution in [0.4, 0.5) is 0 Å². The minimum absolute atomic E-state index is 0.311. The molecule has 0 aliphatic rings. The summed E-state index contributed by atoms with van der Waals surface area (Å²) in [6.45, 7) is 10.6. The monoisotopic (exact) mass is 349 g/mol. The number of aliphatic hydroxyl groups excluding tert-OH is 1. The molecule has 5 heteroatoms. The maximum Gasteiger partial charge on any atom is 0.543 e. The summed E-state index contributed by atoms with van der Waals surface area (Å²) in [4.78, 5) is 0. The molecule has 2 atom stereocenters. The molecule has 138 valence electrons. The smallest absolute Gasteiger partial charge is 0.396 e. The molecule has 0 aromatic heterocycles. The van der Waals surface area contributed by atoms with Gasteiger partial charge in [0.1, 0.15) is 6.61 Å². The molecule has 0 radical (unpaired) electrons. The third-order valence-corrected chi connectivity index (χ3v) is 5.43. The average molecular weight is 349 g/mol. The van der Waals surface area contributed by atoms with Gasteiger partial charge in [0.15, 0.2) is 0 Å². The summed E-state index contributed by atoms with van der Waals surface area (Å²) in [7, 11) is -1.82. The number of hydrogen-bond donors (Lipinski definition) is 1. The van der Waals surface area contributed by atoms with Crippen molar-refractivity contribution in [2.45, 2.75) is 103 Å². The van der Waals surface area contributed by atoms with Gasteiger partial charge < -0.3 is 9.84 Å². The van der Waals surface area contributed by atoms with Gasteiger partial charge in [-0.25, -0.2) is 0 Å². The van der Waals surface area contributed by atoms with Crippen LogP contribution in [-0.4, -0.2) is 29.3 Å². The predicted octanol–water partition coefficient (Wildman–Crippen LogP) is 5.80. The molecule has 0 bridgehead atoms. The lowest BCUT2D eigenvalue weighted by molar-refractivity contribution is -0.0820. The molecular formula is C18H38O4P+. The van der Waals surface area contributed by atoms with Crippen molar-refractivity contribution in [2.24, 2.45) is 0 Å². The average Bonchev–Trinajstić information content (AvgIpc) is 2.47. The van der Waals surface area contributed by atoms with Crippen molar-refractivity contribution in [3.8, 4) is 0 Å². The first kappa shape index (κ1) is 23.0. The second-order valence-corrected chi connectivity index (χ2v) is 9.10. The summed E-state index contributed by atoms with van der Waals surface area (Å²) in [6.07, 6.45) is 9.67. The van der Waals surface area contributed by atoms with Gasteiger partial charge >= 0.3 is 8.03 Å². The van der Waals surface area contributed by atoms with E-state index in [0.29, 0.717) is 19.6 Å². The van der Waals surface area contributed by atoms with E-state index in [4.69, 9.17) is 14.4 Å². The van der Waals surface area contributed by atoms with Crippen LogP contribution in [0.5, 0.6) is 0 Å². The van der Waals surface area contributed by atoms with Crippen LogP contribution in [-0.2, 0) is 13.8 Å². The van der Waals surface area contributed by atoms with Crippen molar-refractivity contribution in [2.75, 3.05) is 13.2 Å². The van der Waals surface area contributed by atoms with Gasteiger partial charge in [-0.15, -0.1) is 4.52 Å². The SMILES string of the molecule is CCC(C)(OC(C)(C)C)[P+](=O)OCCCCCCCCCCO. The van der Waals surface area contributed by atoms with Gasteiger partial charge in [-0.1, -0.05) is 45.4 Å². The lowest BCUT2D eigenvalue weighted by Gasteiger charge is -2.27. The molecule has 0 saturated heterocycles. The van der Waals surface area contributed by atoms with Gasteiger partial charge in [0.2, 0.25) is 0 Å². The molecule has 0 saturated carbocycles. The molecule has 0 aromatic rings. The van der Waals surface area contributed by atoms with Crippen LogP contribution < -0.4 is 0 Å². The highest BCUT2D eigenvalue weighted by Crippen LogP contribution is 2.45.